The normalized spacial score (nSPS) is 23.7. The van der Waals surface area contributed by atoms with Crippen molar-refractivity contribution < 1.29 is 9.47 Å². The molecule has 0 spiro atoms. The number of ether oxygens (including phenoxy) is 2. The predicted octanol–water partition coefficient (Wildman–Crippen LogP) is 3.32. The highest BCUT2D eigenvalue weighted by atomic mass is 16.5. The van der Waals surface area contributed by atoms with Gasteiger partial charge in [-0.25, -0.2) is 0 Å². The molecule has 1 aliphatic carbocycles. The highest BCUT2D eigenvalue weighted by Crippen LogP contribution is 2.40. The topological polar surface area (TPSA) is 18.5 Å². The van der Waals surface area contributed by atoms with E-state index in [-0.39, 0.29) is 5.60 Å². The fourth-order valence-corrected chi connectivity index (χ4v) is 2.42. The highest BCUT2D eigenvalue weighted by molar-refractivity contribution is 5.45. The molecule has 1 aliphatic heterocycles. The van der Waals surface area contributed by atoms with Crippen LogP contribution in [0.2, 0.25) is 0 Å². The maximum atomic E-state index is 5.96. The van der Waals surface area contributed by atoms with Crippen LogP contribution in [0, 0.1) is 0 Å². The number of methoxy groups -OCH3 is 1. The smallest absolute Gasteiger partial charge is 0.160 e. The van der Waals surface area contributed by atoms with Crippen LogP contribution in [0.3, 0.4) is 0 Å². The second-order valence-corrected chi connectivity index (χ2v) is 4.55. The van der Waals surface area contributed by atoms with Crippen LogP contribution in [0.5, 0.6) is 0 Å². The minimum absolute atomic E-state index is 0.348. The fraction of sp³-hybridized carbons (Fsp3) is 0.538. The molecular weight excluding hydrogens is 188 g/mol. The first-order valence-electron chi connectivity index (χ1n) is 5.40. The fourth-order valence-electron chi connectivity index (χ4n) is 2.42. The largest absolute Gasteiger partial charge is 0.497 e. The highest BCUT2D eigenvalue weighted by Gasteiger charge is 2.35. The van der Waals surface area contributed by atoms with E-state index in [2.05, 4.69) is 19.1 Å². The summed E-state index contributed by atoms with van der Waals surface area (Å²) in [6, 6.07) is 0. The first-order valence-corrected chi connectivity index (χ1v) is 5.40. The molecule has 2 nitrogen and oxygen atoms in total. The van der Waals surface area contributed by atoms with Gasteiger partial charge in [-0.15, -0.1) is 0 Å². The number of hydrogen-bond acceptors (Lipinski definition) is 2. The minimum Gasteiger partial charge on any atom is -0.497 e. The first-order chi connectivity index (χ1) is 7.06. The summed E-state index contributed by atoms with van der Waals surface area (Å²) in [7, 11) is 1.72. The molecule has 0 amide bonds. The van der Waals surface area contributed by atoms with E-state index in [0.29, 0.717) is 0 Å². The molecule has 0 fully saturated rings. The van der Waals surface area contributed by atoms with Gasteiger partial charge in [0, 0.05) is 5.57 Å². The molecular formula is C13H18O2. The van der Waals surface area contributed by atoms with E-state index in [1.165, 1.54) is 11.1 Å². The molecule has 0 radical (unpaired) electrons. The molecule has 0 aromatic rings. The molecule has 15 heavy (non-hydrogen) atoms. The number of rotatable bonds is 1. The Labute approximate surface area is 91.3 Å². The molecule has 2 aliphatic rings. The third kappa shape index (κ3) is 1.58. The van der Waals surface area contributed by atoms with Crippen LogP contribution in [0.25, 0.3) is 0 Å². The Morgan fingerprint density at radius 1 is 1.40 bits per heavy atom. The van der Waals surface area contributed by atoms with Gasteiger partial charge in [0.1, 0.15) is 11.5 Å². The van der Waals surface area contributed by atoms with Gasteiger partial charge in [0.15, 0.2) is 5.60 Å². The summed E-state index contributed by atoms with van der Waals surface area (Å²) in [5, 5.41) is 0. The molecule has 0 saturated carbocycles. The average Bonchev–Trinajstić information content (AvgIpc) is 2.17. The Morgan fingerprint density at radius 3 is 2.80 bits per heavy atom. The van der Waals surface area contributed by atoms with Crippen LogP contribution in [-0.2, 0) is 9.47 Å². The van der Waals surface area contributed by atoms with Crippen molar-refractivity contribution in [1.82, 2.24) is 0 Å². The maximum absolute atomic E-state index is 5.96. The average molecular weight is 206 g/mol. The Balaban J connectivity index is 2.50. The predicted molar refractivity (Wildman–Crippen MR) is 60.3 cm³/mol. The second kappa shape index (κ2) is 3.44. The lowest BCUT2D eigenvalue weighted by Crippen LogP contribution is -2.33. The van der Waals surface area contributed by atoms with Gasteiger partial charge < -0.3 is 9.47 Å². The van der Waals surface area contributed by atoms with Crippen molar-refractivity contribution in [1.29, 1.82) is 0 Å². The van der Waals surface area contributed by atoms with Gasteiger partial charge in [-0.05, 0) is 45.3 Å². The SMILES string of the molecule is COC1=C(C)C2=C(C=CCC2)OC1(C)C. The van der Waals surface area contributed by atoms with Crippen LogP contribution >= 0.6 is 0 Å². The Kier molecular flexibility index (Phi) is 2.37. The molecule has 0 unspecified atom stereocenters. The van der Waals surface area contributed by atoms with Gasteiger partial charge in [-0.1, -0.05) is 6.08 Å². The van der Waals surface area contributed by atoms with E-state index in [1.807, 2.05) is 13.8 Å². The van der Waals surface area contributed by atoms with E-state index < -0.39 is 0 Å². The van der Waals surface area contributed by atoms with Crippen LogP contribution in [0.15, 0.2) is 34.8 Å². The molecule has 0 aromatic heterocycles. The van der Waals surface area contributed by atoms with Crippen molar-refractivity contribution in [2.45, 2.75) is 39.2 Å². The van der Waals surface area contributed by atoms with Gasteiger partial charge >= 0.3 is 0 Å². The van der Waals surface area contributed by atoms with Gasteiger partial charge in [-0.2, -0.15) is 0 Å². The minimum atomic E-state index is -0.348. The van der Waals surface area contributed by atoms with E-state index in [9.17, 15) is 0 Å². The van der Waals surface area contributed by atoms with Gasteiger partial charge in [0.25, 0.3) is 0 Å². The van der Waals surface area contributed by atoms with Crippen LogP contribution in [-0.4, -0.2) is 12.7 Å². The number of hydrogen-bond donors (Lipinski definition) is 0. The van der Waals surface area contributed by atoms with Gasteiger partial charge in [0.05, 0.1) is 7.11 Å². The summed E-state index contributed by atoms with van der Waals surface area (Å²) < 4.78 is 11.4. The monoisotopic (exact) mass is 206 g/mol. The lowest BCUT2D eigenvalue weighted by molar-refractivity contribution is 0.0158. The molecule has 0 atom stereocenters. The third-order valence-electron chi connectivity index (χ3n) is 3.04. The quantitative estimate of drug-likeness (QED) is 0.655. The number of allylic oxidation sites excluding steroid dienone is 4. The van der Waals surface area contributed by atoms with Gasteiger partial charge in [0.2, 0.25) is 0 Å². The molecule has 0 bridgehead atoms. The van der Waals surface area contributed by atoms with Crippen molar-refractivity contribution in [3.8, 4) is 0 Å². The van der Waals surface area contributed by atoms with Crippen LogP contribution in [0.1, 0.15) is 33.6 Å². The molecule has 0 N–H and O–H groups in total. The third-order valence-corrected chi connectivity index (χ3v) is 3.04. The Hall–Kier alpha value is -1.18. The summed E-state index contributed by atoms with van der Waals surface area (Å²) in [5.74, 6) is 1.97. The maximum Gasteiger partial charge on any atom is 0.160 e. The van der Waals surface area contributed by atoms with Crippen molar-refractivity contribution in [2.75, 3.05) is 7.11 Å². The summed E-state index contributed by atoms with van der Waals surface area (Å²) in [6.45, 7) is 6.21. The first kappa shape index (κ1) is 10.3. The Bertz CT molecular complexity index is 370. The van der Waals surface area contributed by atoms with Gasteiger partial charge in [-0.3, -0.25) is 0 Å². The zero-order chi connectivity index (χ0) is 11.1. The standard InChI is InChI=1S/C13H18O2/c1-9-10-7-5-6-8-11(10)15-13(2,3)12(9)14-4/h6,8H,5,7H2,1-4H3. The summed E-state index contributed by atoms with van der Waals surface area (Å²) in [5.41, 5.74) is 2.20. The lowest BCUT2D eigenvalue weighted by Gasteiger charge is -2.36. The van der Waals surface area contributed by atoms with Crippen molar-refractivity contribution in [2.24, 2.45) is 0 Å². The molecule has 1 heterocycles. The summed E-state index contributed by atoms with van der Waals surface area (Å²) in [6.07, 6.45) is 6.40. The molecule has 0 saturated heterocycles. The molecule has 82 valence electrons. The summed E-state index contributed by atoms with van der Waals surface area (Å²) >= 11 is 0. The van der Waals surface area contributed by atoms with E-state index >= 15 is 0 Å². The zero-order valence-corrected chi connectivity index (χ0v) is 9.89. The van der Waals surface area contributed by atoms with Crippen LogP contribution < -0.4 is 0 Å². The second-order valence-electron chi connectivity index (χ2n) is 4.55. The zero-order valence-electron chi connectivity index (χ0n) is 9.89. The molecule has 2 rings (SSSR count). The van der Waals surface area contributed by atoms with Crippen molar-refractivity contribution in [3.05, 3.63) is 34.8 Å². The van der Waals surface area contributed by atoms with Crippen molar-refractivity contribution >= 4 is 0 Å². The van der Waals surface area contributed by atoms with Crippen LogP contribution in [0.4, 0.5) is 0 Å². The van der Waals surface area contributed by atoms with E-state index in [0.717, 1.165) is 24.4 Å². The van der Waals surface area contributed by atoms with E-state index in [1.54, 1.807) is 7.11 Å². The summed E-state index contributed by atoms with van der Waals surface area (Å²) in [4.78, 5) is 0. The molecule has 2 heteroatoms. The Morgan fingerprint density at radius 2 is 2.13 bits per heavy atom. The lowest BCUT2D eigenvalue weighted by atomic mass is 9.89. The molecule has 0 aromatic carbocycles. The van der Waals surface area contributed by atoms with E-state index in [4.69, 9.17) is 9.47 Å². The van der Waals surface area contributed by atoms with Crippen molar-refractivity contribution in [3.63, 3.8) is 0 Å².